The average molecular weight is 414 g/mol. The Morgan fingerprint density at radius 3 is 2.86 bits per heavy atom. The van der Waals surface area contributed by atoms with E-state index >= 15 is 0 Å². The summed E-state index contributed by atoms with van der Waals surface area (Å²) >= 11 is 3.33. The fourth-order valence-corrected chi connectivity index (χ4v) is 4.16. The molecule has 0 radical (unpaired) electrons. The summed E-state index contributed by atoms with van der Waals surface area (Å²) in [6, 6.07) is 11.0. The number of benzene rings is 1. The number of ether oxygens (including phenoxy) is 2. The number of aromatic nitrogens is 1. The van der Waals surface area contributed by atoms with Crippen LogP contribution in [0.5, 0.6) is 11.5 Å². The molecule has 0 saturated heterocycles. The SMILES string of the molecule is COc1cc(C#N)ccc1OCC(=O)NCCc1ccc(-c2csc(C)n2)s1. The molecule has 0 aliphatic rings. The Bertz CT molecular complexity index is 1000. The van der Waals surface area contributed by atoms with E-state index in [1.807, 2.05) is 13.0 Å². The average Bonchev–Trinajstić information content (AvgIpc) is 3.35. The Morgan fingerprint density at radius 2 is 2.14 bits per heavy atom. The molecule has 6 nitrogen and oxygen atoms in total. The Labute approximate surface area is 171 Å². The Morgan fingerprint density at radius 1 is 1.29 bits per heavy atom. The van der Waals surface area contributed by atoms with Gasteiger partial charge in [-0.3, -0.25) is 4.79 Å². The number of carbonyl (C=O) groups is 1. The molecule has 0 fully saturated rings. The van der Waals surface area contributed by atoms with E-state index in [-0.39, 0.29) is 12.5 Å². The van der Waals surface area contributed by atoms with Gasteiger partial charge in [-0.25, -0.2) is 4.98 Å². The van der Waals surface area contributed by atoms with Gasteiger partial charge in [0.25, 0.3) is 5.91 Å². The van der Waals surface area contributed by atoms with Gasteiger partial charge in [0.1, 0.15) is 0 Å². The van der Waals surface area contributed by atoms with E-state index in [9.17, 15) is 4.79 Å². The zero-order chi connectivity index (χ0) is 19.9. The Balaban J connectivity index is 1.45. The minimum Gasteiger partial charge on any atom is -0.493 e. The summed E-state index contributed by atoms with van der Waals surface area (Å²) in [6.07, 6.45) is 0.750. The molecule has 0 spiro atoms. The Kier molecular flexibility index (Phi) is 6.63. The van der Waals surface area contributed by atoms with E-state index < -0.39 is 0 Å². The third-order valence-electron chi connectivity index (χ3n) is 3.88. The van der Waals surface area contributed by atoms with Crippen molar-refractivity contribution in [2.45, 2.75) is 13.3 Å². The monoisotopic (exact) mass is 413 g/mol. The molecule has 3 aromatic rings. The molecule has 3 rings (SSSR count). The van der Waals surface area contributed by atoms with Gasteiger partial charge in [-0.1, -0.05) is 0 Å². The van der Waals surface area contributed by atoms with Crippen molar-refractivity contribution in [2.75, 3.05) is 20.3 Å². The number of nitrogens with one attached hydrogen (secondary N) is 1. The van der Waals surface area contributed by atoms with Gasteiger partial charge in [-0.15, -0.1) is 22.7 Å². The maximum Gasteiger partial charge on any atom is 0.257 e. The minimum absolute atomic E-state index is 0.115. The van der Waals surface area contributed by atoms with Gasteiger partial charge in [0, 0.05) is 22.9 Å². The van der Waals surface area contributed by atoms with Gasteiger partial charge in [0.05, 0.1) is 34.3 Å². The number of nitrogens with zero attached hydrogens (tertiary/aromatic N) is 2. The van der Waals surface area contributed by atoms with Crippen molar-refractivity contribution in [1.29, 1.82) is 5.26 Å². The van der Waals surface area contributed by atoms with E-state index in [1.165, 1.54) is 12.0 Å². The summed E-state index contributed by atoms with van der Waals surface area (Å²) in [5.74, 6) is 0.645. The third-order valence-corrected chi connectivity index (χ3v) is 5.82. The second-order valence-electron chi connectivity index (χ2n) is 5.88. The molecular formula is C20H19N3O3S2. The van der Waals surface area contributed by atoms with E-state index in [0.29, 0.717) is 23.6 Å². The molecule has 0 saturated carbocycles. The van der Waals surface area contributed by atoms with Crippen LogP contribution in [-0.2, 0) is 11.2 Å². The molecule has 28 heavy (non-hydrogen) atoms. The van der Waals surface area contributed by atoms with Crippen molar-refractivity contribution in [3.8, 4) is 28.1 Å². The molecule has 0 unspecified atom stereocenters. The number of amides is 1. The van der Waals surface area contributed by atoms with Crippen molar-refractivity contribution in [3.63, 3.8) is 0 Å². The second-order valence-corrected chi connectivity index (χ2v) is 8.11. The summed E-state index contributed by atoms with van der Waals surface area (Å²) in [5.41, 5.74) is 1.48. The van der Waals surface area contributed by atoms with Gasteiger partial charge in [0.2, 0.25) is 0 Å². The number of rotatable bonds is 8. The number of hydrogen-bond acceptors (Lipinski definition) is 7. The predicted molar refractivity (Wildman–Crippen MR) is 110 cm³/mol. The molecule has 2 heterocycles. The summed E-state index contributed by atoms with van der Waals surface area (Å²) in [7, 11) is 1.49. The standard InChI is InChI=1S/C20H19N3O3S2/c1-13-23-16(12-27-13)19-6-4-15(28-19)7-8-22-20(24)11-26-17-5-3-14(10-21)9-18(17)25-2/h3-6,9,12H,7-8,11H2,1-2H3,(H,22,24). The Hall–Kier alpha value is -2.89. The number of thiazole rings is 1. The smallest absolute Gasteiger partial charge is 0.257 e. The molecule has 0 aliphatic heterocycles. The predicted octanol–water partition coefficient (Wildman–Crippen LogP) is 3.80. The zero-order valence-corrected chi connectivity index (χ0v) is 17.2. The highest BCUT2D eigenvalue weighted by Crippen LogP contribution is 2.29. The lowest BCUT2D eigenvalue weighted by molar-refractivity contribution is -0.123. The number of nitriles is 1. The van der Waals surface area contributed by atoms with Crippen molar-refractivity contribution in [3.05, 3.63) is 51.2 Å². The maximum absolute atomic E-state index is 12.0. The van der Waals surface area contributed by atoms with Crippen molar-refractivity contribution in [2.24, 2.45) is 0 Å². The molecule has 2 aromatic heterocycles. The number of methoxy groups -OCH3 is 1. The molecule has 1 aromatic carbocycles. The fraction of sp³-hybridized carbons (Fsp3) is 0.250. The highest BCUT2D eigenvalue weighted by molar-refractivity contribution is 7.16. The molecule has 8 heteroatoms. The number of thiophene rings is 1. The number of aryl methyl sites for hydroxylation is 1. The van der Waals surface area contributed by atoms with Gasteiger partial charge >= 0.3 is 0 Å². The molecule has 0 atom stereocenters. The van der Waals surface area contributed by atoms with Crippen molar-refractivity contribution < 1.29 is 14.3 Å². The van der Waals surface area contributed by atoms with Crippen LogP contribution in [0.25, 0.3) is 10.6 Å². The summed E-state index contributed by atoms with van der Waals surface area (Å²) in [4.78, 5) is 18.9. The first kappa shape index (κ1) is 19.9. The van der Waals surface area contributed by atoms with Gasteiger partial charge in [0.15, 0.2) is 18.1 Å². The first-order chi connectivity index (χ1) is 13.6. The van der Waals surface area contributed by atoms with E-state index in [1.54, 1.807) is 40.9 Å². The van der Waals surface area contributed by atoms with Crippen LogP contribution in [0.3, 0.4) is 0 Å². The third kappa shape index (κ3) is 5.09. The molecule has 144 valence electrons. The summed E-state index contributed by atoms with van der Waals surface area (Å²) in [6.45, 7) is 2.41. The minimum atomic E-state index is -0.210. The summed E-state index contributed by atoms with van der Waals surface area (Å²) in [5, 5.41) is 14.9. The van der Waals surface area contributed by atoms with E-state index in [4.69, 9.17) is 14.7 Å². The maximum atomic E-state index is 12.0. The van der Waals surface area contributed by atoms with Gasteiger partial charge in [-0.2, -0.15) is 5.26 Å². The molecule has 0 bridgehead atoms. The number of hydrogen-bond donors (Lipinski definition) is 1. The summed E-state index contributed by atoms with van der Waals surface area (Å²) < 4.78 is 10.7. The van der Waals surface area contributed by atoms with Crippen molar-refractivity contribution >= 4 is 28.6 Å². The van der Waals surface area contributed by atoms with Crippen LogP contribution < -0.4 is 14.8 Å². The second kappa shape index (κ2) is 9.35. The molecular weight excluding hydrogens is 394 g/mol. The lowest BCUT2D eigenvalue weighted by Crippen LogP contribution is -2.30. The highest BCUT2D eigenvalue weighted by Gasteiger charge is 2.10. The van der Waals surface area contributed by atoms with Gasteiger partial charge < -0.3 is 14.8 Å². The van der Waals surface area contributed by atoms with Crippen LogP contribution in [0.2, 0.25) is 0 Å². The highest BCUT2D eigenvalue weighted by atomic mass is 32.1. The fourth-order valence-electron chi connectivity index (χ4n) is 2.50. The van der Waals surface area contributed by atoms with Crippen LogP contribution >= 0.6 is 22.7 Å². The molecule has 0 aliphatic carbocycles. The van der Waals surface area contributed by atoms with Crippen LogP contribution in [0.4, 0.5) is 0 Å². The largest absolute Gasteiger partial charge is 0.493 e. The van der Waals surface area contributed by atoms with Gasteiger partial charge in [-0.05, 0) is 37.6 Å². The quantitative estimate of drug-likeness (QED) is 0.607. The van der Waals surface area contributed by atoms with Crippen LogP contribution in [0.15, 0.2) is 35.7 Å². The van der Waals surface area contributed by atoms with Crippen LogP contribution in [0.1, 0.15) is 15.4 Å². The first-order valence-corrected chi connectivity index (χ1v) is 10.3. The number of carbonyl (C=O) groups excluding carboxylic acids is 1. The molecule has 1 amide bonds. The zero-order valence-electron chi connectivity index (χ0n) is 15.5. The lowest BCUT2D eigenvalue weighted by atomic mass is 10.2. The first-order valence-electron chi connectivity index (χ1n) is 8.58. The van der Waals surface area contributed by atoms with E-state index in [2.05, 4.69) is 27.8 Å². The van der Waals surface area contributed by atoms with Crippen molar-refractivity contribution in [1.82, 2.24) is 10.3 Å². The van der Waals surface area contributed by atoms with Crippen LogP contribution in [-0.4, -0.2) is 31.2 Å². The molecule has 1 N–H and O–H groups in total. The lowest BCUT2D eigenvalue weighted by Gasteiger charge is -2.10. The van der Waals surface area contributed by atoms with Crippen LogP contribution in [0, 0.1) is 18.3 Å². The van der Waals surface area contributed by atoms with E-state index in [0.717, 1.165) is 22.0 Å². The topological polar surface area (TPSA) is 84.2 Å². The normalized spacial score (nSPS) is 10.3.